The maximum Gasteiger partial charge on any atom is 0.123 e. The van der Waals surface area contributed by atoms with Crippen molar-refractivity contribution in [3.63, 3.8) is 0 Å². The van der Waals surface area contributed by atoms with Crippen LogP contribution in [-0.4, -0.2) is 38.7 Å². The molecule has 118 valence electrons. The van der Waals surface area contributed by atoms with E-state index in [0.29, 0.717) is 6.04 Å². The van der Waals surface area contributed by atoms with Crippen molar-refractivity contribution in [2.24, 2.45) is 0 Å². The Morgan fingerprint density at radius 1 is 1.29 bits per heavy atom. The molecule has 0 aromatic heterocycles. The molecule has 0 bridgehead atoms. The van der Waals surface area contributed by atoms with E-state index in [-0.39, 0.29) is 0 Å². The summed E-state index contributed by atoms with van der Waals surface area (Å²) >= 11 is 0. The number of aryl methyl sites for hydroxylation is 1. The lowest BCUT2D eigenvalue weighted by Crippen LogP contribution is -2.39. The van der Waals surface area contributed by atoms with Gasteiger partial charge in [-0.15, -0.1) is 0 Å². The molecule has 1 aliphatic carbocycles. The first-order chi connectivity index (χ1) is 10.2. The third-order valence-corrected chi connectivity index (χ3v) is 4.78. The van der Waals surface area contributed by atoms with Crippen LogP contribution in [-0.2, 0) is 0 Å². The molecule has 0 spiro atoms. The van der Waals surface area contributed by atoms with Crippen LogP contribution < -0.4 is 10.1 Å². The minimum absolute atomic E-state index is 0.312. The maximum atomic E-state index is 5.55. The van der Waals surface area contributed by atoms with Crippen LogP contribution in [0.2, 0.25) is 0 Å². The highest BCUT2D eigenvalue weighted by molar-refractivity contribution is 5.39. The van der Waals surface area contributed by atoms with Gasteiger partial charge in [-0.05, 0) is 39.9 Å². The molecule has 1 aliphatic rings. The van der Waals surface area contributed by atoms with Crippen molar-refractivity contribution in [1.82, 2.24) is 10.2 Å². The van der Waals surface area contributed by atoms with Crippen LogP contribution in [0.5, 0.6) is 5.75 Å². The molecule has 0 aliphatic heterocycles. The maximum absolute atomic E-state index is 5.55. The summed E-state index contributed by atoms with van der Waals surface area (Å²) < 4.78 is 5.55. The average molecular weight is 290 g/mol. The zero-order chi connectivity index (χ0) is 15.2. The number of ether oxygens (including phenoxy) is 1. The first-order valence-corrected chi connectivity index (χ1v) is 8.17. The Bertz CT molecular complexity index is 441. The number of nitrogens with zero attached hydrogens (tertiary/aromatic N) is 1. The molecule has 3 heteroatoms. The van der Waals surface area contributed by atoms with Crippen LogP contribution >= 0.6 is 0 Å². The first-order valence-electron chi connectivity index (χ1n) is 8.17. The van der Waals surface area contributed by atoms with E-state index in [1.54, 1.807) is 7.11 Å². The lowest BCUT2D eigenvalue weighted by Gasteiger charge is -2.34. The monoisotopic (exact) mass is 290 g/mol. The van der Waals surface area contributed by atoms with Gasteiger partial charge < -0.3 is 15.0 Å². The van der Waals surface area contributed by atoms with Gasteiger partial charge in [-0.1, -0.05) is 37.0 Å². The molecular weight excluding hydrogens is 260 g/mol. The Morgan fingerprint density at radius 3 is 2.62 bits per heavy atom. The standard InChI is InChI=1S/C18H30N2O/c1-14-10-11-18(21-4)16(12-14)17(19-2)13-20(3)15-8-6-5-7-9-15/h10-12,15,17,19H,5-9,13H2,1-4H3. The van der Waals surface area contributed by atoms with Crippen LogP contribution in [0, 0.1) is 6.92 Å². The van der Waals surface area contributed by atoms with Crippen molar-refractivity contribution in [3.05, 3.63) is 29.3 Å². The summed E-state index contributed by atoms with van der Waals surface area (Å²) in [7, 11) is 6.06. The van der Waals surface area contributed by atoms with Crippen LogP contribution in [0.4, 0.5) is 0 Å². The van der Waals surface area contributed by atoms with Crippen LogP contribution in [0.25, 0.3) is 0 Å². The Labute approximate surface area is 129 Å². The van der Waals surface area contributed by atoms with Crippen LogP contribution in [0.1, 0.15) is 49.3 Å². The summed E-state index contributed by atoms with van der Waals surface area (Å²) in [4.78, 5) is 2.53. The van der Waals surface area contributed by atoms with Crippen LogP contribution in [0.15, 0.2) is 18.2 Å². The molecule has 0 saturated heterocycles. The van der Waals surface area contributed by atoms with Gasteiger partial charge in [0.25, 0.3) is 0 Å². The second kappa shape index (κ2) is 7.81. The molecule has 1 aromatic rings. The highest BCUT2D eigenvalue weighted by Gasteiger charge is 2.22. The Morgan fingerprint density at radius 2 is 2.00 bits per heavy atom. The van der Waals surface area contributed by atoms with Crippen molar-refractivity contribution >= 4 is 0 Å². The minimum Gasteiger partial charge on any atom is -0.496 e. The zero-order valence-electron chi connectivity index (χ0n) is 14.0. The average Bonchev–Trinajstić information content (AvgIpc) is 2.53. The van der Waals surface area contributed by atoms with E-state index < -0.39 is 0 Å². The fourth-order valence-electron chi connectivity index (χ4n) is 3.43. The Hall–Kier alpha value is -1.06. The number of rotatable bonds is 6. The summed E-state index contributed by atoms with van der Waals surface area (Å²) in [5.41, 5.74) is 2.55. The number of hydrogen-bond acceptors (Lipinski definition) is 3. The van der Waals surface area contributed by atoms with Gasteiger partial charge in [0.05, 0.1) is 7.11 Å². The van der Waals surface area contributed by atoms with Gasteiger partial charge in [0.1, 0.15) is 5.75 Å². The summed E-state index contributed by atoms with van der Waals surface area (Å²) in [6.07, 6.45) is 6.86. The zero-order valence-corrected chi connectivity index (χ0v) is 14.0. The number of nitrogens with one attached hydrogen (secondary N) is 1. The lowest BCUT2D eigenvalue weighted by molar-refractivity contribution is 0.175. The molecule has 0 heterocycles. The Balaban J connectivity index is 2.10. The largest absolute Gasteiger partial charge is 0.496 e. The third kappa shape index (κ3) is 4.21. The Kier molecular flexibility index (Phi) is 6.07. The van der Waals surface area contributed by atoms with Gasteiger partial charge in [-0.2, -0.15) is 0 Å². The summed E-state index contributed by atoms with van der Waals surface area (Å²) in [5.74, 6) is 0.983. The van der Waals surface area contributed by atoms with E-state index in [4.69, 9.17) is 4.74 Å². The molecule has 0 radical (unpaired) electrons. The summed E-state index contributed by atoms with van der Waals surface area (Å²) in [6, 6.07) is 7.49. The molecule has 2 rings (SSSR count). The number of likely N-dealkylation sites (N-methyl/N-ethyl adjacent to an activating group) is 2. The fourth-order valence-corrected chi connectivity index (χ4v) is 3.43. The van der Waals surface area contributed by atoms with Gasteiger partial charge in [-0.25, -0.2) is 0 Å². The van der Waals surface area contributed by atoms with E-state index in [1.165, 1.54) is 43.2 Å². The van der Waals surface area contributed by atoms with E-state index >= 15 is 0 Å². The molecule has 1 N–H and O–H groups in total. The second-order valence-corrected chi connectivity index (χ2v) is 6.32. The normalized spacial score (nSPS) is 18.0. The molecule has 3 nitrogen and oxygen atoms in total. The molecule has 1 atom stereocenters. The molecule has 1 fully saturated rings. The first kappa shape index (κ1) is 16.3. The fraction of sp³-hybridized carbons (Fsp3) is 0.667. The molecular formula is C18H30N2O. The van der Waals surface area contributed by atoms with Crippen molar-refractivity contribution in [3.8, 4) is 5.75 Å². The smallest absolute Gasteiger partial charge is 0.123 e. The van der Waals surface area contributed by atoms with E-state index in [2.05, 4.69) is 42.4 Å². The molecule has 21 heavy (non-hydrogen) atoms. The molecule has 1 aromatic carbocycles. The third-order valence-electron chi connectivity index (χ3n) is 4.78. The topological polar surface area (TPSA) is 24.5 Å². The molecule has 0 amide bonds. The van der Waals surface area contributed by atoms with Gasteiger partial charge in [-0.3, -0.25) is 0 Å². The van der Waals surface area contributed by atoms with Gasteiger partial charge in [0.2, 0.25) is 0 Å². The number of benzene rings is 1. The van der Waals surface area contributed by atoms with Crippen molar-refractivity contribution < 1.29 is 4.74 Å². The molecule has 1 unspecified atom stereocenters. The van der Waals surface area contributed by atoms with E-state index in [1.807, 2.05) is 7.05 Å². The predicted octanol–water partition coefficient (Wildman–Crippen LogP) is 3.53. The predicted molar refractivity (Wildman–Crippen MR) is 89.0 cm³/mol. The SMILES string of the molecule is CNC(CN(C)C1CCCCC1)c1cc(C)ccc1OC. The number of hydrogen-bond donors (Lipinski definition) is 1. The van der Waals surface area contributed by atoms with Crippen molar-refractivity contribution in [2.45, 2.75) is 51.1 Å². The lowest BCUT2D eigenvalue weighted by atomic mass is 9.93. The summed E-state index contributed by atoms with van der Waals surface area (Å²) in [5, 5.41) is 3.47. The van der Waals surface area contributed by atoms with E-state index in [9.17, 15) is 0 Å². The van der Waals surface area contributed by atoms with Gasteiger partial charge >= 0.3 is 0 Å². The van der Waals surface area contributed by atoms with Gasteiger partial charge in [0.15, 0.2) is 0 Å². The van der Waals surface area contributed by atoms with Crippen LogP contribution in [0.3, 0.4) is 0 Å². The van der Waals surface area contributed by atoms with Gasteiger partial charge in [0, 0.05) is 24.2 Å². The minimum atomic E-state index is 0.312. The number of methoxy groups -OCH3 is 1. The highest BCUT2D eigenvalue weighted by Crippen LogP contribution is 2.28. The highest BCUT2D eigenvalue weighted by atomic mass is 16.5. The van der Waals surface area contributed by atoms with E-state index in [0.717, 1.165) is 18.3 Å². The van der Waals surface area contributed by atoms with Crippen molar-refractivity contribution in [2.75, 3.05) is 27.7 Å². The quantitative estimate of drug-likeness (QED) is 0.867. The van der Waals surface area contributed by atoms with Crippen molar-refractivity contribution in [1.29, 1.82) is 0 Å². The summed E-state index contributed by atoms with van der Waals surface area (Å²) in [6.45, 7) is 3.17. The molecule has 1 saturated carbocycles. The second-order valence-electron chi connectivity index (χ2n) is 6.32.